The van der Waals surface area contributed by atoms with Crippen LogP contribution in [0.25, 0.3) is 0 Å². The Hall–Kier alpha value is -0.580. The van der Waals surface area contributed by atoms with Gasteiger partial charge in [0.05, 0.1) is 4.34 Å². The molecule has 26 heavy (non-hydrogen) atoms. The van der Waals surface area contributed by atoms with E-state index in [0.717, 1.165) is 43.0 Å². The summed E-state index contributed by atoms with van der Waals surface area (Å²) in [6.45, 7) is 4.98. The second-order valence-electron chi connectivity index (χ2n) is 6.82. The highest BCUT2D eigenvalue weighted by Gasteiger charge is 2.27. The molecule has 1 N–H and O–H groups in total. The lowest BCUT2D eigenvalue weighted by molar-refractivity contribution is -0.127. The lowest BCUT2D eigenvalue weighted by atomic mass is 10.3. The number of rotatable bonds is 5. The number of carbonyl (C=O) groups excluding carboxylic acids is 1. The van der Waals surface area contributed by atoms with E-state index in [4.69, 9.17) is 11.6 Å². The average molecular weight is 512 g/mol. The number of likely N-dealkylation sites (N-methyl/N-ethyl adjacent to an activating group) is 1. The van der Waals surface area contributed by atoms with Crippen LogP contribution in [0.4, 0.5) is 0 Å². The first-order valence-electron chi connectivity index (χ1n) is 8.74. The Bertz CT molecular complexity index is 626. The van der Waals surface area contributed by atoms with Gasteiger partial charge < -0.3 is 15.1 Å². The molecule has 146 valence electrons. The van der Waals surface area contributed by atoms with Gasteiger partial charge in [0.15, 0.2) is 5.96 Å². The first-order valence-corrected chi connectivity index (χ1v) is 9.93. The van der Waals surface area contributed by atoms with Crippen molar-refractivity contribution in [1.82, 2.24) is 20.0 Å². The summed E-state index contributed by atoms with van der Waals surface area (Å²) >= 11 is 7.67. The van der Waals surface area contributed by atoms with Crippen molar-refractivity contribution in [3.05, 3.63) is 21.3 Å². The fraction of sp³-hybridized carbons (Fsp3) is 0.647. The lowest BCUT2D eigenvalue weighted by Crippen LogP contribution is -2.52. The van der Waals surface area contributed by atoms with Gasteiger partial charge in [0, 0.05) is 57.7 Å². The summed E-state index contributed by atoms with van der Waals surface area (Å²) < 4.78 is 0.849. The Kier molecular flexibility index (Phi) is 8.43. The van der Waals surface area contributed by atoms with Crippen molar-refractivity contribution < 1.29 is 4.79 Å². The van der Waals surface area contributed by atoms with Gasteiger partial charge in [0.25, 0.3) is 0 Å². The third-order valence-electron chi connectivity index (χ3n) is 4.45. The Morgan fingerprint density at radius 2 is 2.00 bits per heavy atom. The predicted octanol–water partition coefficient (Wildman–Crippen LogP) is 2.33. The Labute approximate surface area is 181 Å². The molecule has 9 heteroatoms. The molecule has 2 fully saturated rings. The summed E-state index contributed by atoms with van der Waals surface area (Å²) in [5.74, 6) is 0.917. The molecule has 2 aliphatic rings. The quantitative estimate of drug-likeness (QED) is 0.375. The lowest BCUT2D eigenvalue weighted by Gasteiger charge is -2.36. The molecule has 0 aromatic carbocycles. The maximum atomic E-state index is 11.8. The molecule has 3 rings (SSSR count). The van der Waals surface area contributed by atoms with E-state index >= 15 is 0 Å². The van der Waals surface area contributed by atoms with Crippen LogP contribution < -0.4 is 5.32 Å². The van der Waals surface area contributed by atoms with E-state index in [1.807, 2.05) is 6.07 Å². The average Bonchev–Trinajstić information content (AvgIpc) is 3.32. The van der Waals surface area contributed by atoms with E-state index < -0.39 is 0 Å². The minimum Gasteiger partial charge on any atom is -0.353 e. The minimum absolute atomic E-state index is 0. The molecule has 6 nitrogen and oxygen atoms in total. The van der Waals surface area contributed by atoms with Gasteiger partial charge in [0.2, 0.25) is 5.91 Å². The summed E-state index contributed by atoms with van der Waals surface area (Å²) in [6.07, 6.45) is 2.39. The van der Waals surface area contributed by atoms with Crippen molar-refractivity contribution >= 4 is 58.8 Å². The van der Waals surface area contributed by atoms with Gasteiger partial charge in [-0.3, -0.25) is 9.69 Å². The van der Waals surface area contributed by atoms with Crippen molar-refractivity contribution in [2.45, 2.75) is 25.4 Å². The molecule has 0 bridgehead atoms. The predicted molar refractivity (Wildman–Crippen MR) is 119 cm³/mol. The molecule has 1 aliphatic heterocycles. The molecular formula is C17H27ClIN5OS. The van der Waals surface area contributed by atoms with Crippen molar-refractivity contribution in [2.75, 3.05) is 46.8 Å². The molecule has 1 saturated carbocycles. The van der Waals surface area contributed by atoms with Crippen molar-refractivity contribution in [3.63, 3.8) is 0 Å². The van der Waals surface area contributed by atoms with Crippen LogP contribution in [0.15, 0.2) is 17.1 Å². The SMILES string of the molecule is CN(C)C(=O)CN=C(NC1CC1)N1CCN(Cc2ccc(Cl)s2)CC1.I. The highest BCUT2D eigenvalue weighted by Crippen LogP contribution is 2.23. The molecule has 0 unspecified atom stereocenters. The fourth-order valence-electron chi connectivity index (χ4n) is 2.71. The molecule has 0 radical (unpaired) electrons. The molecule has 2 heterocycles. The molecule has 1 aliphatic carbocycles. The number of aliphatic imine (C=N–C) groups is 1. The smallest absolute Gasteiger partial charge is 0.243 e. The maximum absolute atomic E-state index is 11.8. The van der Waals surface area contributed by atoms with Crippen LogP contribution in [-0.4, -0.2) is 79.4 Å². The number of halogens is 2. The summed E-state index contributed by atoms with van der Waals surface area (Å²) in [5, 5.41) is 3.49. The van der Waals surface area contributed by atoms with Gasteiger partial charge in [-0.15, -0.1) is 35.3 Å². The Morgan fingerprint density at radius 3 is 2.54 bits per heavy atom. The first kappa shape index (κ1) is 21.7. The van der Waals surface area contributed by atoms with Gasteiger partial charge in [-0.05, 0) is 25.0 Å². The van der Waals surface area contributed by atoms with Crippen LogP contribution in [0.5, 0.6) is 0 Å². The van der Waals surface area contributed by atoms with Gasteiger partial charge in [-0.1, -0.05) is 11.6 Å². The van der Waals surface area contributed by atoms with E-state index in [2.05, 4.69) is 26.2 Å². The summed E-state index contributed by atoms with van der Waals surface area (Å²) in [7, 11) is 3.53. The van der Waals surface area contributed by atoms with Gasteiger partial charge in [-0.25, -0.2) is 4.99 Å². The Morgan fingerprint density at radius 1 is 1.31 bits per heavy atom. The van der Waals surface area contributed by atoms with Crippen LogP contribution in [-0.2, 0) is 11.3 Å². The molecule has 0 spiro atoms. The zero-order valence-corrected chi connectivity index (χ0v) is 19.2. The van der Waals surface area contributed by atoms with E-state index in [0.29, 0.717) is 6.04 Å². The molecule has 1 saturated heterocycles. The Balaban J connectivity index is 0.00000243. The van der Waals surface area contributed by atoms with Crippen LogP contribution in [0.2, 0.25) is 4.34 Å². The van der Waals surface area contributed by atoms with Crippen molar-refractivity contribution in [2.24, 2.45) is 4.99 Å². The molecular weight excluding hydrogens is 485 g/mol. The maximum Gasteiger partial charge on any atom is 0.243 e. The van der Waals surface area contributed by atoms with Crippen LogP contribution >= 0.6 is 46.9 Å². The number of nitrogens with zero attached hydrogens (tertiary/aromatic N) is 4. The number of guanidine groups is 1. The van der Waals surface area contributed by atoms with Gasteiger partial charge >= 0.3 is 0 Å². The molecule has 1 aromatic heterocycles. The number of thiophene rings is 1. The van der Waals surface area contributed by atoms with E-state index in [-0.39, 0.29) is 36.4 Å². The number of piperazine rings is 1. The van der Waals surface area contributed by atoms with Crippen molar-refractivity contribution in [1.29, 1.82) is 0 Å². The normalized spacial score (nSPS) is 18.4. The van der Waals surface area contributed by atoms with Gasteiger partial charge in [-0.2, -0.15) is 0 Å². The highest BCUT2D eigenvalue weighted by atomic mass is 127. The number of hydrogen-bond acceptors (Lipinski definition) is 4. The second kappa shape index (κ2) is 10.1. The van der Waals surface area contributed by atoms with E-state index in [9.17, 15) is 4.79 Å². The zero-order chi connectivity index (χ0) is 17.8. The number of carbonyl (C=O) groups is 1. The first-order chi connectivity index (χ1) is 12.0. The van der Waals surface area contributed by atoms with Crippen LogP contribution in [0, 0.1) is 0 Å². The molecule has 1 aromatic rings. The van der Waals surface area contributed by atoms with Crippen LogP contribution in [0.1, 0.15) is 17.7 Å². The summed E-state index contributed by atoms with van der Waals surface area (Å²) in [5.41, 5.74) is 0. The fourth-order valence-corrected chi connectivity index (χ4v) is 3.84. The van der Waals surface area contributed by atoms with Crippen LogP contribution in [0.3, 0.4) is 0 Å². The van der Waals surface area contributed by atoms with E-state index in [1.165, 1.54) is 17.7 Å². The summed E-state index contributed by atoms with van der Waals surface area (Å²) in [4.78, 5) is 24.0. The molecule has 0 atom stereocenters. The third-order valence-corrected chi connectivity index (χ3v) is 5.67. The second-order valence-corrected chi connectivity index (χ2v) is 8.62. The number of amides is 1. The standard InChI is InChI=1S/C17H26ClN5OS.HI/c1-21(2)16(24)11-19-17(20-13-3-4-13)23-9-7-22(8-10-23)12-14-5-6-15(18)25-14;/h5-6,13H,3-4,7-12H2,1-2H3,(H,19,20);1H. The van der Waals surface area contributed by atoms with Gasteiger partial charge in [0.1, 0.15) is 6.54 Å². The summed E-state index contributed by atoms with van der Waals surface area (Å²) in [6, 6.07) is 4.59. The minimum atomic E-state index is 0. The largest absolute Gasteiger partial charge is 0.353 e. The monoisotopic (exact) mass is 511 g/mol. The van der Waals surface area contributed by atoms with Crippen molar-refractivity contribution in [3.8, 4) is 0 Å². The number of hydrogen-bond donors (Lipinski definition) is 1. The molecule has 1 amide bonds. The third kappa shape index (κ3) is 6.54. The number of nitrogens with one attached hydrogen (secondary N) is 1. The zero-order valence-electron chi connectivity index (χ0n) is 15.3. The highest BCUT2D eigenvalue weighted by molar-refractivity contribution is 14.0. The topological polar surface area (TPSA) is 51.2 Å². The van der Waals surface area contributed by atoms with E-state index in [1.54, 1.807) is 30.3 Å².